The maximum absolute atomic E-state index is 10.1. The molecule has 1 aromatic heterocycles. The molecule has 3 nitrogen and oxygen atoms in total. The monoisotopic (exact) mass is 226 g/mol. The molecule has 84 valence electrons. The molecule has 1 N–H and O–H groups in total. The SMILES string of the molecule is Cc1csc(CN2CC(O)(C(C)C)C2)n1. The Morgan fingerprint density at radius 2 is 2.27 bits per heavy atom. The Morgan fingerprint density at radius 1 is 1.60 bits per heavy atom. The molecule has 1 saturated heterocycles. The molecular weight excluding hydrogens is 208 g/mol. The number of aliphatic hydroxyl groups is 1. The lowest BCUT2D eigenvalue weighted by Gasteiger charge is -2.48. The van der Waals surface area contributed by atoms with Gasteiger partial charge in [0.25, 0.3) is 0 Å². The fourth-order valence-electron chi connectivity index (χ4n) is 1.87. The Hall–Kier alpha value is -0.450. The number of nitrogens with zero attached hydrogens (tertiary/aromatic N) is 2. The van der Waals surface area contributed by atoms with Gasteiger partial charge in [-0.25, -0.2) is 4.98 Å². The molecule has 1 fully saturated rings. The van der Waals surface area contributed by atoms with Crippen molar-refractivity contribution in [2.45, 2.75) is 32.9 Å². The maximum atomic E-state index is 10.1. The Bertz CT molecular complexity index is 342. The van der Waals surface area contributed by atoms with Crippen LogP contribution in [0.15, 0.2) is 5.38 Å². The van der Waals surface area contributed by atoms with E-state index in [1.807, 2.05) is 6.92 Å². The van der Waals surface area contributed by atoms with E-state index in [0.29, 0.717) is 5.92 Å². The lowest BCUT2D eigenvalue weighted by atomic mass is 9.83. The Kier molecular flexibility index (Phi) is 2.83. The zero-order chi connectivity index (χ0) is 11.1. The van der Waals surface area contributed by atoms with Gasteiger partial charge in [-0.1, -0.05) is 13.8 Å². The van der Waals surface area contributed by atoms with Crippen LogP contribution in [0, 0.1) is 12.8 Å². The van der Waals surface area contributed by atoms with Gasteiger partial charge in [0.15, 0.2) is 0 Å². The molecule has 1 aliphatic heterocycles. The van der Waals surface area contributed by atoms with Crippen LogP contribution in [0.25, 0.3) is 0 Å². The zero-order valence-electron chi connectivity index (χ0n) is 9.53. The summed E-state index contributed by atoms with van der Waals surface area (Å²) in [5.74, 6) is 0.340. The number of aromatic nitrogens is 1. The van der Waals surface area contributed by atoms with Crippen molar-refractivity contribution in [2.75, 3.05) is 13.1 Å². The topological polar surface area (TPSA) is 36.4 Å². The third kappa shape index (κ3) is 2.22. The summed E-state index contributed by atoms with van der Waals surface area (Å²) in [6.07, 6.45) is 0. The number of hydrogen-bond donors (Lipinski definition) is 1. The van der Waals surface area contributed by atoms with E-state index in [1.165, 1.54) is 0 Å². The molecule has 1 aliphatic rings. The molecule has 0 radical (unpaired) electrons. The number of hydrogen-bond acceptors (Lipinski definition) is 4. The van der Waals surface area contributed by atoms with Gasteiger partial charge in [0.05, 0.1) is 12.1 Å². The minimum atomic E-state index is -0.466. The summed E-state index contributed by atoms with van der Waals surface area (Å²) in [6.45, 7) is 8.61. The van der Waals surface area contributed by atoms with Gasteiger partial charge in [-0.05, 0) is 12.8 Å². The molecule has 0 saturated carbocycles. The number of β-amino-alcohol motifs (C(OH)–C–C–N with tert-alkyl or cyclic N) is 1. The molecule has 0 spiro atoms. The highest BCUT2D eigenvalue weighted by Crippen LogP contribution is 2.30. The van der Waals surface area contributed by atoms with Crippen molar-refractivity contribution >= 4 is 11.3 Å². The average Bonchev–Trinajstić information content (AvgIpc) is 2.48. The molecule has 0 bridgehead atoms. The van der Waals surface area contributed by atoms with Gasteiger partial charge in [0.1, 0.15) is 5.01 Å². The van der Waals surface area contributed by atoms with E-state index < -0.39 is 5.60 Å². The molecule has 0 unspecified atom stereocenters. The summed E-state index contributed by atoms with van der Waals surface area (Å²) in [5.41, 5.74) is 0.626. The molecule has 4 heteroatoms. The first-order valence-corrected chi connectivity index (χ1v) is 6.23. The molecule has 0 amide bonds. The molecule has 0 atom stereocenters. The fourth-order valence-corrected chi connectivity index (χ4v) is 2.68. The number of rotatable bonds is 3. The first-order valence-electron chi connectivity index (χ1n) is 5.35. The molecule has 1 aromatic rings. The van der Waals surface area contributed by atoms with E-state index in [2.05, 4.69) is 29.1 Å². The maximum Gasteiger partial charge on any atom is 0.107 e. The molecular formula is C11H18N2OS. The highest BCUT2D eigenvalue weighted by atomic mass is 32.1. The highest BCUT2D eigenvalue weighted by Gasteiger charge is 2.43. The van der Waals surface area contributed by atoms with E-state index in [-0.39, 0.29) is 0 Å². The second-order valence-corrected chi connectivity index (χ2v) is 5.73. The van der Waals surface area contributed by atoms with Crippen LogP contribution in [0.1, 0.15) is 24.5 Å². The lowest BCUT2D eigenvalue weighted by molar-refractivity contribution is -0.130. The van der Waals surface area contributed by atoms with Gasteiger partial charge in [0.2, 0.25) is 0 Å². The predicted octanol–water partition coefficient (Wildman–Crippen LogP) is 1.65. The van der Waals surface area contributed by atoms with Crippen LogP contribution in [0.4, 0.5) is 0 Å². The number of thiazole rings is 1. The van der Waals surface area contributed by atoms with Gasteiger partial charge in [-0.2, -0.15) is 0 Å². The summed E-state index contributed by atoms with van der Waals surface area (Å²) in [7, 11) is 0. The zero-order valence-corrected chi connectivity index (χ0v) is 10.3. The van der Waals surface area contributed by atoms with Crippen molar-refractivity contribution in [1.29, 1.82) is 0 Å². The molecule has 0 aliphatic carbocycles. The van der Waals surface area contributed by atoms with Crippen molar-refractivity contribution < 1.29 is 5.11 Å². The van der Waals surface area contributed by atoms with E-state index >= 15 is 0 Å². The minimum absolute atomic E-state index is 0.340. The third-order valence-electron chi connectivity index (χ3n) is 3.09. The van der Waals surface area contributed by atoms with Crippen molar-refractivity contribution in [3.05, 3.63) is 16.1 Å². The van der Waals surface area contributed by atoms with Crippen molar-refractivity contribution in [2.24, 2.45) is 5.92 Å². The van der Waals surface area contributed by atoms with Crippen molar-refractivity contribution in [3.63, 3.8) is 0 Å². The van der Waals surface area contributed by atoms with Crippen LogP contribution in [-0.2, 0) is 6.54 Å². The summed E-state index contributed by atoms with van der Waals surface area (Å²) >= 11 is 1.70. The lowest BCUT2D eigenvalue weighted by Crippen LogP contribution is -2.63. The normalized spacial score (nSPS) is 20.6. The largest absolute Gasteiger partial charge is 0.387 e. The Balaban J connectivity index is 1.86. The van der Waals surface area contributed by atoms with Gasteiger partial charge in [-0.15, -0.1) is 11.3 Å². The third-order valence-corrected chi connectivity index (χ3v) is 4.05. The predicted molar refractivity (Wildman–Crippen MR) is 61.9 cm³/mol. The van der Waals surface area contributed by atoms with E-state index in [0.717, 1.165) is 30.3 Å². The standard InChI is InChI=1S/C11H18N2OS/c1-8(2)11(14)6-13(7-11)4-10-12-9(3)5-15-10/h5,8,14H,4,6-7H2,1-3H3. The minimum Gasteiger partial charge on any atom is -0.387 e. The average molecular weight is 226 g/mol. The Labute approximate surface area is 94.8 Å². The van der Waals surface area contributed by atoms with Gasteiger partial charge < -0.3 is 5.11 Å². The summed E-state index contributed by atoms with van der Waals surface area (Å²) in [4.78, 5) is 6.67. The molecule has 2 heterocycles. The van der Waals surface area contributed by atoms with Crippen molar-refractivity contribution in [3.8, 4) is 0 Å². The van der Waals surface area contributed by atoms with Crippen LogP contribution in [0.2, 0.25) is 0 Å². The van der Waals surface area contributed by atoms with E-state index in [4.69, 9.17) is 0 Å². The quantitative estimate of drug-likeness (QED) is 0.851. The fraction of sp³-hybridized carbons (Fsp3) is 0.727. The molecule has 0 aromatic carbocycles. The van der Waals surface area contributed by atoms with Crippen LogP contribution in [0.3, 0.4) is 0 Å². The van der Waals surface area contributed by atoms with Gasteiger partial charge in [-0.3, -0.25) is 4.90 Å². The van der Waals surface area contributed by atoms with E-state index in [9.17, 15) is 5.11 Å². The summed E-state index contributed by atoms with van der Waals surface area (Å²) in [5, 5.41) is 13.3. The second-order valence-electron chi connectivity index (χ2n) is 4.79. The summed E-state index contributed by atoms with van der Waals surface area (Å²) in [6, 6.07) is 0. The number of aryl methyl sites for hydroxylation is 1. The highest BCUT2D eigenvalue weighted by molar-refractivity contribution is 7.09. The van der Waals surface area contributed by atoms with Crippen molar-refractivity contribution in [1.82, 2.24) is 9.88 Å². The van der Waals surface area contributed by atoms with E-state index in [1.54, 1.807) is 11.3 Å². The van der Waals surface area contributed by atoms with Gasteiger partial charge >= 0.3 is 0 Å². The van der Waals surface area contributed by atoms with Crippen LogP contribution < -0.4 is 0 Å². The Morgan fingerprint density at radius 3 is 2.73 bits per heavy atom. The smallest absolute Gasteiger partial charge is 0.107 e. The number of likely N-dealkylation sites (tertiary alicyclic amines) is 1. The van der Waals surface area contributed by atoms with Gasteiger partial charge in [0, 0.05) is 24.2 Å². The molecule has 2 rings (SSSR count). The first kappa shape index (κ1) is 11.0. The van der Waals surface area contributed by atoms with Crippen LogP contribution in [0.5, 0.6) is 0 Å². The summed E-state index contributed by atoms with van der Waals surface area (Å²) < 4.78 is 0. The van der Waals surface area contributed by atoms with Crippen LogP contribution >= 0.6 is 11.3 Å². The first-order chi connectivity index (χ1) is 6.99. The molecule has 15 heavy (non-hydrogen) atoms. The van der Waals surface area contributed by atoms with Crippen LogP contribution in [-0.4, -0.2) is 33.7 Å². The second kappa shape index (κ2) is 3.85.